The van der Waals surface area contributed by atoms with Crippen LogP contribution in [-0.4, -0.2) is 25.1 Å². The largest absolute Gasteiger partial charge is 0.316 e. The van der Waals surface area contributed by atoms with Gasteiger partial charge in [-0.25, -0.2) is 8.78 Å². The molecule has 0 radical (unpaired) electrons. The first-order valence-electron chi connectivity index (χ1n) is 5.37. The minimum absolute atomic E-state index is 0.502. The molecular weight excluding hydrogens is 228 g/mol. The van der Waals surface area contributed by atoms with E-state index in [1.54, 1.807) is 0 Å². The zero-order valence-electron chi connectivity index (χ0n) is 9.43. The summed E-state index contributed by atoms with van der Waals surface area (Å²) in [5.41, 5.74) is 0.704. The van der Waals surface area contributed by atoms with E-state index in [0.29, 0.717) is 12.0 Å². The molecule has 0 bridgehead atoms. The maximum atomic E-state index is 12.8. The molecule has 1 nitrogen and oxygen atoms in total. The van der Waals surface area contributed by atoms with E-state index in [1.165, 1.54) is 12.1 Å². The van der Waals surface area contributed by atoms with E-state index in [4.69, 9.17) is 0 Å². The highest BCUT2D eigenvalue weighted by Gasteiger charge is 1.99. The van der Waals surface area contributed by atoms with Crippen molar-refractivity contribution in [2.75, 3.05) is 25.1 Å². The third-order valence-electron chi connectivity index (χ3n) is 2.21. The number of thioether (sulfide) groups is 1. The monoisotopic (exact) mass is 245 g/mol. The SMILES string of the molecule is CSCCCNCCc1cc(F)cc(F)c1. The summed E-state index contributed by atoms with van der Waals surface area (Å²) in [4.78, 5) is 0. The fourth-order valence-corrected chi connectivity index (χ4v) is 1.89. The topological polar surface area (TPSA) is 12.0 Å². The van der Waals surface area contributed by atoms with Gasteiger partial charge < -0.3 is 5.32 Å². The summed E-state index contributed by atoms with van der Waals surface area (Å²) in [6.07, 6.45) is 3.86. The Hall–Kier alpha value is -0.610. The van der Waals surface area contributed by atoms with Gasteiger partial charge in [0.25, 0.3) is 0 Å². The van der Waals surface area contributed by atoms with Crippen molar-refractivity contribution in [1.82, 2.24) is 5.32 Å². The van der Waals surface area contributed by atoms with Crippen LogP contribution in [0.25, 0.3) is 0 Å². The third kappa shape index (κ3) is 5.47. The predicted octanol–water partition coefficient (Wildman–Crippen LogP) is 2.85. The molecule has 0 spiro atoms. The minimum Gasteiger partial charge on any atom is -0.316 e. The van der Waals surface area contributed by atoms with E-state index >= 15 is 0 Å². The van der Waals surface area contributed by atoms with Crippen LogP contribution in [0, 0.1) is 11.6 Å². The molecule has 0 heterocycles. The van der Waals surface area contributed by atoms with Crippen LogP contribution in [0.4, 0.5) is 8.78 Å². The lowest BCUT2D eigenvalue weighted by Crippen LogP contribution is -2.19. The van der Waals surface area contributed by atoms with Crippen molar-refractivity contribution in [3.8, 4) is 0 Å². The number of benzene rings is 1. The quantitative estimate of drug-likeness (QED) is 0.741. The van der Waals surface area contributed by atoms with Gasteiger partial charge in [0.15, 0.2) is 0 Å². The van der Waals surface area contributed by atoms with Gasteiger partial charge in [0.1, 0.15) is 11.6 Å². The number of halogens is 2. The molecule has 0 unspecified atom stereocenters. The van der Waals surface area contributed by atoms with E-state index in [0.717, 1.165) is 31.3 Å². The van der Waals surface area contributed by atoms with Crippen LogP contribution in [0.15, 0.2) is 18.2 Å². The molecule has 1 rings (SSSR count). The second kappa shape index (κ2) is 7.63. The number of hydrogen-bond donors (Lipinski definition) is 1. The van der Waals surface area contributed by atoms with E-state index < -0.39 is 11.6 Å². The maximum absolute atomic E-state index is 12.8. The van der Waals surface area contributed by atoms with Gasteiger partial charge in [-0.2, -0.15) is 11.8 Å². The zero-order valence-corrected chi connectivity index (χ0v) is 10.2. The predicted molar refractivity (Wildman–Crippen MR) is 65.9 cm³/mol. The Labute approximate surface area is 99.6 Å². The van der Waals surface area contributed by atoms with E-state index in [-0.39, 0.29) is 0 Å². The number of nitrogens with one attached hydrogen (secondary N) is 1. The van der Waals surface area contributed by atoms with Gasteiger partial charge >= 0.3 is 0 Å². The lowest BCUT2D eigenvalue weighted by atomic mass is 10.1. The molecule has 4 heteroatoms. The molecule has 0 saturated carbocycles. The number of rotatable bonds is 7. The van der Waals surface area contributed by atoms with Crippen molar-refractivity contribution >= 4 is 11.8 Å². The van der Waals surface area contributed by atoms with Crippen molar-refractivity contribution in [2.24, 2.45) is 0 Å². The standard InChI is InChI=1S/C12H17F2NS/c1-16-6-2-4-15-5-3-10-7-11(13)9-12(14)8-10/h7-9,15H,2-6H2,1H3. The molecule has 0 atom stereocenters. The summed E-state index contributed by atoms with van der Waals surface area (Å²) in [5, 5.41) is 3.25. The van der Waals surface area contributed by atoms with Crippen LogP contribution in [-0.2, 0) is 6.42 Å². The molecular formula is C12H17F2NS. The molecule has 0 aliphatic rings. The van der Waals surface area contributed by atoms with Crippen LogP contribution in [0.1, 0.15) is 12.0 Å². The van der Waals surface area contributed by atoms with Gasteiger partial charge in [0.05, 0.1) is 0 Å². The molecule has 1 aromatic rings. The second-order valence-electron chi connectivity index (χ2n) is 3.62. The van der Waals surface area contributed by atoms with Crippen LogP contribution in [0.3, 0.4) is 0 Å². The van der Waals surface area contributed by atoms with Gasteiger partial charge in [0, 0.05) is 6.07 Å². The van der Waals surface area contributed by atoms with E-state index in [1.807, 2.05) is 11.8 Å². The summed E-state index contributed by atoms with van der Waals surface area (Å²) in [7, 11) is 0. The Morgan fingerprint density at radius 1 is 1.12 bits per heavy atom. The summed E-state index contributed by atoms with van der Waals surface area (Å²) < 4.78 is 25.7. The Balaban J connectivity index is 2.21. The Morgan fingerprint density at radius 2 is 1.81 bits per heavy atom. The zero-order chi connectivity index (χ0) is 11.8. The molecule has 16 heavy (non-hydrogen) atoms. The van der Waals surface area contributed by atoms with Gasteiger partial charge in [-0.05, 0) is 55.6 Å². The average molecular weight is 245 g/mol. The van der Waals surface area contributed by atoms with Gasteiger partial charge in [-0.3, -0.25) is 0 Å². The van der Waals surface area contributed by atoms with Crippen molar-refractivity contribution in [3.05, 3.63) is 35.4 Å². The molecule has 90 valence electrons. The fraction of sp³-hybridized carbons (Fsp3) is 0.500. The van der Waals surface area contributed by atoms with Gasteiger partial charge in [-0.1, -0.05) is 0 Å². The molecule has 1 N–H and O–H groups in total. The maximum Gasteiger partial charge on any atom is 0.126 e. The van der Waals surface area contributed by atoms with E-state index in [9.17, 15) is 8.78 Å². The number of hydrogen-bond acceptors (Lipinski definition) is 2. The fourth-order valence-electron chi connectivity index (χ4n) is 1.45. The van der Waals surface area contributed by atoms with Gasteiger partial charge in [0.2, 0.25) is 0 Å². The lowest BCUT2D eigenvalue weighted by molar-refractivity contribution is 0.577. The third-order valence-corrected chi connectivity index (χ3v) is 2.91. The lowest BCUT2D eigenvalue weighted by Gasteiger charge is -2.04. The molecule has 0 aromatic heterocycles. The highest BCUT2D eigenvalue weighted by atomic mass is 32.2. The normalized spacial score (nSPS) is 10.7. The molecule has 1 aromatic carbocycles. The van der Waals surface area contributed by atoms with Crippen LogP contribution in [0.5, 0.6) is 0 Å². The smallest absolute Gasteiger partial charge is 0.126 e. The summed E-state index contributed by atoms with van der Waals surface area (Å²) in [6, 6.07) is 3.66. The molecule has 0 fully saturated rings. The first kappa shape index (κ1) is 13.5. The molecule has 0 amide bonds. The van der Waals surface area contributed by atoms with Crippen molar-refractivity contribution in [3.63, 3.8) is 0 Å². The van der Waals surface area contributed by atoms with E-state index in [2.05, 4.69) is 11.6 Å². The Bertz CT molecular complexity index is 298. The van der Waals surface area contributed by atoms with Crippen molar-refractivity contribution < 1.29 is 8.78 Å². The van der Waals surface area contributed by atoms with Crippen LogP contribution in [0.2, 0.25) is 0 Å². The molecule has 0 aliphatic carbocycles. The van der Waals surface area contributed by atoms with Gasteiger partial charge in [-0.15, -0.1) is 0 Å². The molecule has 0 aliphatic heterocycles. The van der Waals surface area contributed by atoms with Crippen molar-refractivity contribution in [1.29, 1.82) is 0 Å². The average Bonchev–Trinajstić information content (AvgIpc) is 2.22. The summed E-state index contributed by atoms with van der Waals surface area (Å²) in [5.74, 6) is 0.136. The van der Waals surface area contributed by atoms with Crippen LogP contribution >= 0.6 is 11.8 Å². The van der Waals surface area contributed by atoms with Crippen molar-refractivity contribution in [2.45, 2.75) is 12.8 Å². The highest BCUT2D eigenvalue weighted by molar-refractivity contribution is 7.98. The summed E-state index contributed by atoms with van der Waals surface area (Å²) in [6.45, 7) is 1.72. The first-order valence-corrected chi connectivity index (χ1v) is 6.76. The molecule has 0 saturated heterocycles. The first-order chi connectivity index (χ1) is 7.72. The highest BCUT2D eigenvalue weighted by Crippen LogP contribution is 2.08. The Kier molecular flexibility index (Phi) is 6.42. The second-order valence-corrected chi connectivity index (χ2v) is 4.61. The summed E-state index contributed by atoms with van der Waals surface area (Å²) >= 11 is 1.82. The minimum atomic E-state index is -0.502. The van der Waals surface area contributed by atoms with Crippen LogP contribution < -0.4 is 5.32 Å². The Morgan fingerprint density at radius 3 is 2.44 bits per heavy atom.